The summed E-state index contributed by atoms with van der Waals surface area (Å²) in [5, 5.41) is 8.51. The lowest BCUT2D eigenvalue weighted by atomic mass is 10.4. The Balaban J connectivity index is 2.92. The lowest BCUT2D eigenvalue weighted by molar-refractivity contribution is -0.0519. The molecule has 1 N–H and O–H groups in total. The standard InChI is InChI=1S/C7H6F2O4/c8-7(9)13-6-3-12-4(2-10)1-5(6)11/h1,3,7,10H,2H2. The van der Waals surface area contributed by atoms with Crippen molar-refractivity contribution < 1.29 is 23.0 Å². The van der Waals surface area contributed by atoms with E-state index in [0.717, 1.165) is 12.3 Å². The summed E-state index contributed by atoms with van der Waals surface area (Å²) in [6.07, 6.45) is 0.736. The minimum Gasteiger partial charge on any atom is -0.463 e. The molecule has 1 aromatic rings. The molecular formula is C7H6F2O4. The van der Waals surface area contributed by atoms with E-state index in [-0.39, 0.29) is 5.76 Å². The molecule has 0 aliphatic heterocycles. The third-order valence-corrected chi connectivity index (χ3v) is 1.22. The molecule has 4 nitrogen and oxygen atoms in total. The van der Waals surface area contributed by atoms with Crippen LogP contribution in [0, 0.1) is 0 Å². The number of hydrogen-bond acceptors (Lipinski definition) is 4. The molecule has 0 fully saturated rings. The van der Waals surface area contributed by atoms with Crippen molar-refractivity contribution in [3.05, 3.63) is 28.3 Å². The minimum atomic E-state index is -3.07. The highest BCUT2D eigenvalue weighted by Gasteiger charge is 2.09. The molecule has 0 saturated heterocycles. The molecule has 0 aliphatic carbocycles. The molecule has 0 spiro atoms. The Morgan fingerprint density at radius 2 is 2.31 bits per heavy atom. The van der Waals surface area contributed by atoms with Gasteiger partial charge in [0, 0.05) is 6.07 Å². The summed E-state index contributed by atoms with van der Waals surface area (Å²) in [5.74, 6) is -0.584. The third-order valence-electron chi connectivity index (χ3n) is 1.22. The quantitative estimate of drug-likeness (QED) is 0.766. The summed E-state index contributed by atoms with van der Waals surface area (Å²) in [4.78, 5) is 10.9. The van der Waals surface area contributed by atoms with Crippen LogP contribution in [-0.2, 0) is 6.61 Å². The molecule has 0 atom stereocenters. The summed E-state index contributed by atoms with van der Waals surface area (Å²) in [6, 6.07) is 0.887. The van der Waals surface area contributed by atoms with Gasteiger partial charge in [0.2, 0.25) is 11.2 Å². The number of aliphatic hydroxyl groups excluding tert-OH is 1. The Morgan fingerprint density at radius 1 is 1.62 bits per heavy atom. The fourth-order valence-electron chi connectivity index (χ4n) is 0.703. The van der Waals surface area contributed by atoms with Crippen LogP contribution in [0.1, 0.15) is 5.76 Å². The predicted octanol–water partition coefficient (Wildman–Crippen LogP) is 0.734. The number of halogens is 2. The summed E-state index contributed by atoms with van der Waals surface area (Å²) < 4.78 is 31.7. The molecule has 1 aromatic heterocycles. The van der Waals surface area contributed by atoms with Crippen LogP contribution in [-0.4, -0.2) is 11.7 Å². The number of aliphatic hydroxyl groups is 1. The van der Waals surface area contributed by atoms with E-state index in [2.05, 4.69) is 9.15 Å². The number of rotatable bonds is 3. The summed E-state index contributed by atoms with van der Waals surface area (Å²) >= 11 is 0. The lowest BCUT2D eigenvalue weighted by Gasteiger charge is -2.02. The van der Waals surface area contributed by atoms with Crippen molar-refractivity contribution >= 4 is 0 Å². The van der Waals surface area contributed by atoms with Gasteiger partial charge in [-0.2, -0.15) is 8.78 Å². The topological polar surface area (TPSA) is 59.7 Å². The van der Waals surface area contributed by atoms with E-state index in [9.17, 15) is 13.6 Å². The molecule has 0 aromatic carbocycles. The summed E-state index contributed by atoms with van der Waals surface area (Å²) in [6.45, 7) is -3.53. The summed E-state index contributed by atoms with van der Waals surface area (Å²) in [7, 11) is 0. The molecule has 1 heterocycles. The number of alkyl halides is 2. The first-order chi connectivity index (χ1) is 6.13. The van der Waals surface area contributed by atoms with Gasteiger partial charge in [0.05, 0.1) is 0 Å². The Labute approximate surface area is 71.4 Å². The highest BCUT2D eigenvalue weighted by Crippen LogP contribution is 2.08. The smallest absolute Gasteiger partial charge is 0.387 e. The maximum atomic E-state index is 11.6. The molecule has 0 amide bonds. The van der Waals surface area contributed by atoms with Crippen LogP contribution < -0.4 is 10.2 Å². The number of ether oxygens (including phenoxy) is 1. The molecule has 72 valence electrons. The zero-order chi connectivity index (χ0) is 9.84. The zero-order valence-corrected chi connectivity index (χ0v) is 6.37. The van der Waals surface area contributed by atoms with E-state index < -0.39 is 24.4 Å². The van der Waals surface area contributed by atoms with Gasteiger partial charge in [-0.3, -0.25) is 4.79 Å². The van der Waals surface area contributed by atoms with Crippen LogP contribution in [0.4, 0.5) is 8.78 Å². The zero-order valence-electron chi connectivity index (χ0n) is 6.37. The van der Waals surface area contributed by atoms with Crippen molar-refractivity contribution in [3.8, 4) is 5.75 Å². The van der Waals surface area contributed by atoms with Gasteiger partial charge in [-0.15, -0.1) is 0 Å². The Morgan fingerprint density at radius 3 is 2.77 bits per heavy atom. The molecule has 0 saturated carbocycles. The van der Waals surface area contributed by atoms with E-state index in [4.69, 9.17) is 5.11 Å². The van der Waals surface area contributed by atoms with Gasteiger partial charge in [-0.1, -0.05) is 0 Å². The number of hydrogen-bond donors (Lipinski definition) is 1. The molecule has 0 bridgehead atoms. The second-order valence-electron chi connectivity index (χ2n) is 2.11. The largest absolute Gasteiger partial charge is 0.463 e. The molecule has 0 unspecified atom stereocenters. The predicted molar refractivity (Wildman–Crippen MR) is 37.5 cm³/mol. The van der Waals surface area contributed by atoms with Gasteiger partial charge in [0.1, 0.15) is 18.6 Å². The van der Waals surface area contributed by atoms with Crippen molar-refractivity contribution in [2.45, 2.75) is 13.2 Å². The van der Waals surface area contributed by atoms with Gasteiger partial charge in [0.25, 0.3) is 0 Å². The van der Waals surface area contributed by atoms with Crippen LogP contribution in [0.15, 0.2) is 21.5 Å². The van der Waals surface area contributed by atoms with Crippen LogP contribution in [0.2, 0.25) is 0 Å². The molecule has 0 radical (unpaired) electrons. The van der Waals surface area contributed by atoms with Crippen LogP contribution >= 0.6 is 0 Å². The van der Waals surface area contributed by atoms with Gasteiger partial charge in [-0.25, -0.2) is 0 Å². The van der Waals surface area contributed by atoms with Gasteiger partial charge >= 0.3 is 6.61 Å². The molecule has 13 heavy (non-hydrogen) atoms. The van der Waals surface area contributed by atoms with E-state index in [1.165, 1.54) is 0 Å². The second kappa shape index (κ2) is 3.99. The summed E-state index contributed by atoms with van der Waals surface area (Å²) in [5.41, 5.74) is -0.754. The van der Waals surface area contributed by atoms with Gasteiger partial charge in [0.15, 0.2) is 0 Å². The van der Waals surface area contributed by atoms with E-state index in [1.54, 1.807) is 0 Å². The van der Waals surface area contributed by atoms with Crippen molar-refractivity contribution in [3.63, 3.8) is 0 Å². The monoisotopic (exact) mass is 192 g/mol. The molecule has 0 aliphatic rings. The van der Waals surface area contributed by atoms with Crippen molar-refractivity contribution in [2.24, 2.45) is 0 Å². The maximum Gasteiger partial charge on any atom is 0.387 e. The van der Waals surface area contributed by atoms with Crippen LogP contribution in [0.25, 0.3) is 0 Å². The Hall–Kier alpha value is -1.43. The van der Waals surface area contributed by atoms with Crippen molar-refractivity contribution in [1.29, 1.82) is 0 Å². The molecule has 1 rings (SSSR count). The van der Waals surface area contributed by atoms with Gasteiger partial charge < -0.3 is 14.3 Å². The average Bonchev–Trinajstić information content (AvgIpc) is 2.08. The second-order valence-corrected chi connectivity index (χ2v) is 2.11. The SMILES string of the molecule is O=c1cc(CO)occ1OC(F)F. The minimum absolute atomic E-state index is 0.00776. The maximum absolute atomic E-state index is 11.6. The highest BCUT2D eigenvalue weighted by molar-refractivity contribution is 5.17. The first-order valence-electron chi connectivity index (χ1n) is 3.31. The fourth-order valence-corrected chi connectivity index (χ4v) is 0.703. The third kappa shape index (κ3) is 2.51. The lowest BCUT2D eigenvalue weighted by Crippen LogP contribution is -2.11. The van der Waals surface area contributed by atoms with Crippen molar-refractivity contribution in [1.82, 2.24) is 0 Å². The van der Waals surface area contributed by atoms with E-state index in [0.29, 0.717) is 0 Å². The average molecular weight is 192 g/mol. The Kier molecular flexibility index (Phi) is 2.97. The van der Waals surface area contributed by atoms with E-state index in [1.807, 2.05) is 0 Å². The van der Waals surface area contributed by atoms with Crippen LogP contribution in [0.5, 0.6) is 5.75 Å². The molecular weight excluding hydrogens is 186 g/mol. The normalized spacial score (nSPS) is 10.5. The van der Waals surface area contributed by atoms with Crippen LogP contribution in [0.3, 0.4) is 0 Å². The Bertz CT molecular complexity index is 334. The van der Waals surface area contributed by atoms with Crippen molar-refractivity contribution in [2.75, 3.05) is 0 Å². The van der Waals surface area contributed by atoms with E-state index >= 15 is 0 Å². The fraction of sp³-hybridized carbons (Fsp3) is 0.286. The first-order valence-corrected chi connectivity index (χ1v) is 3.31. The highest BCUT2D eigenvalue weighted by atomic mass is 19.3. The van der Waals surface area contributed by atoms with Gasteiger partial charge in [-0.05, 0) is 0 Å². The first kappa shape index (κ1) is 9.66. The molecule has 6 heteroatoms.